The number of carboxylic acid groups (broad SMARTS) is 1. The summed E-state index contributed by atoms with van der Waals surface area (Å²) in [5, 5.41) is 14.0. The molecule has 0 saturated heterocycles. The molecular formula is C13H26N2O3. The molecule has 0 radical (unpaired) electrons. The normalized spacial score (nSPS) is 12.2. The first-order chi connectivity index (χ1) is 8.41. The van der Waals surface area contributed by atoms with E-state index in [1.807, 2.05) is 6.92 Å². The van der Waals surface area contributed by atoms with Gasteiger partial charge in [-0.15, -0.1) is 0 Å². The lowest BCUT2D eigenvalue weighted by atomic mass is 10.0. The van der Waals surface area contributed by atoms with Crippen LogP contribution >= 0.6 is 0 Å². The minimum atomic E-state index is -0.790. The van der Waals surface area contributed by atoms with E-state index in [2.05, 4.69) is 24.5 Å². The first-order valence-electron chi connectivity index (χ1n) is 6.68. The summed E-state index contributed by atoms with van der Waals surface area (Å²) in [6, 6.07) is 0.00741. The minimum Gasteiger partial charge on any atom is -0.481 e. The summed E-state index contributed by atoms with van der Waals surface area (Å²) in [6.45, 7) is 6.84. The van der Waals surface area contributed by atoms with E-state index in [0.717, 1.165) is 12.8 Å². The highest BCUT2D eigenvalue weighted by Gasteiger charge is 2.07. The molecule has 0 saturated carbocycles. The van der Waals surface area contributed by atoms with Gasteiger partial charge in [-0.2, -0.15) is 0 Å². The van der Waals surface area contributed by atoms with Crippen LogP contribution in [-0.4, -0.2) is 29.7 Å². The van der Waals surface area contributed by atoms with Gasteiger partial charge in [0, 0.05) is 19.0 Å². The van der Waals surface area contributed by atoms with Gasteiger partial charge < -0.3 is 15.7 Å². The van der Waals surface area contributed by atoms with Gasteiger partial charge in [0.05, 0.1) is 0 Å². The minimum absolute atomic E-state index is 0.161. The zero-order valence-electron chi connectivity index (χ0n) is 11.7. The summed E-state index contributed by atoms with van der Waals surface area (Å²) in [6.07, 6.45) is 3.52. The molecule has 0 heterocycles. The van der Waals surface area contributed by atoms with Crippen molar-refractivity contribution in [3.8, 4) is 0 Å². The third-order valence-corrected chi connectivity index (χ3v) is 2.66. The van der Waals surface area contributed by atoms with Gasteiger partial charge in [-0.25, -0.2) is 4.79 Å². The number of amides is 2. The van der Waals surface area contributed by atoms with Crippen LogP contribution in [0.25, 0.3) is 0 Å². The molecule has 0 spiro atoms. The summed E-state index contributed by atoms with van der Waals surface area (Å²) in [7, 11) is 0. The Labute approximate surface area is 109 Å². The Morgan fingerprint density at radius 1 is 1.11 bits per heavy atom. The van der Waals surface area contributed by atoms with Crippen molar-refractivity contribution in [1.82, 2.24) is 10.6 Å². The zero-order valence-corrected chi connectivity index (χ0v) is 11.7. The number of aliphatic carboxylic acids is 1. The van der Waals surface area contributed by atoms with Gasteiger partial charge in [0.2, 0.25) is 0 Å². The fourth-order valence-electron chi connectivity index (χ4n) is 1.53. The van der Waals surface area contributed by atoms with Crippen molar-refractivity contribution in [3.05, 3.63) is 0 Å². The molecule has 5 nitrogen and oxygen atoms in total. The highest BCUT2D eigenvalue weighted by molar-refractivity contribution is 5.74. The van der Waals surface area contributed by atoms with Crippen molar-refractivity contribution in [2.24, 2.45) is 5.92 Å². The molecular weight excluding hydrogens is 232 g/mol. The quantitative estimate of drug-likeness (QED) is 0.555. The van der Waals surface area contributed by atoms with Gasteiger partial charge in [0.25, 0.3) is 0 Å². The van der Waals surface area contributed by atoms with Gasteiger partial charge >= 0.3 is 12.0 Å². The highest BCUT2D eigenvalue weighted by atomic mass is 16.4. The topological polar surface area (TPSA) is 78.4 Å². The monoisotopic (exact) mass is 258 g/mol. The Kier molecular flexibility index (Phi) is 9.06. The van der Waals surface area contributed by atoms with Crippen molar-refractivity contribution >= 4 is 12.0 Å². The number of hydrogen-bond donors (Lipinski definition) is 3. The van der Waals surface area contributed by atoms with E-state index in [-0.39, 0.29) is 18.5 Å². The van der Waals surface area contributed by atoms with Gasteiger partial charge in [0.15, 0.2) is 0 Å². The first kappa shape index (κ1) is 16.7. The molecule has 0 rings (SSSR count). The van der Waals surface area contributed by atoms with E-state index < -0.39 is 5.97 Å². The van der Waals surface area contributed by atoms with Crippen molar-refractivity contribution < 1.29 is 14.7 Å². The number of carboxylic acids is 1. The number of carbonyl (C=O) groups is 2. The Bertz CT molecular complexity index is 255. The standard InChI is InChI=1S/C13H26N2O3/c1-10(2)7-8-11(3)15-13(18)14-9-5-4-6-12(16)17/h10-11H,4-9H2,1-3H3,(H,16,17)(H2,14,15,18). The SMILES string of the molecule is CC(C)CCC(C)NC(=O)NCCCCC(=O)O. The molecule has 0 aliphatic rings. The van der Waals surface area contributed by atoms with Gasteiger partial charge in [-0.1, -0.05) is 13.8 Å². The largest absolute Gasteiger partial charge is 0.481 e. The molecule has 18 heavy (non-hydrogen) atoms. The van der Waals surface area contributed by atoms with E-state index in [1.165, 1.54) is 0 Å². The molecule has 1 unspecified atom stereocenters. The van der Waals surface area contributed by atoms with Crippen LogP contribution in [-0.2, 0) is 4.79 Å². The van der Waals surface area contributed by atoms with Crippen LogP contribution in [0.4, 0.5) is 4.79 Å². The van der Waals surface area contributed by atoms with Crippen LogP contribution in [0.1, 0.15) is 52.9 Å². The average molecular weight is 258 g/mol. The first-order valence-corrected chi connectivity index (χ1v) is 6.68. The molecule has 0 bridgehead atoms. The molecule has 1 atom stereocenters. The van der Waals surface area contributed by atoms with Crippen LogP contribution in [0.3, 0.4) is 0 Å². The Hall–Kier alpha value is -1.26. The third-order valence-electron chi connectivity index (χ3n) is 2.66. The Morgan fingerprint density at radius 3 is 2.33 bits per heavy atom. The Balaban J connectivity index is 3.49. The van der Waals surface area contributed by atoms with E-state index in [1.54, 1.807) is 0 Å². The predicted molar refractivity (Wildman–Crippen MR) is 71.6 cm³/mol. The zero-order chi connectivity index (χ0) is 14.0. The summed E-state index contributed by atoms with van der Waals surface area (Å²) in [5.74, 6) is -0.143. The maximum Gasteiger partial charge on any atom is 0.314 e. The van der Waals surface area contributed by atoms with Crippen molar-refractivity contribution in [2.75, 3.05) is 6.54 Å². The molecule has 2 amide bonds. The second-order valence-electron chi connectivity index (χ2n) is 5.12. The van der Waals surface area contributed by atoms with Crippen LogP contribution in [0, 0.1) is 5.92 Å². The third kappa shape index (κ3) is 11.2. The number of nitrogens with one attached hydrogen (secondary N) is 2. The summed E-state index contributed by atoms with van der Waals surface area (Å²) < 4.78 is 0. The summed E-state index contributed by atoms with van der Waals surface area (Å²) in [5.41, 5.74) is 0. The molecule has 0 fully saturated rings. The maximum absolute atomic E-state index is 11.5. The fourth-order valence-corrected chi connectivity index (χ4v) is 1.53. The van der Waals surface area contributed by atoms with E-state index in [0.29, 0.717) is 25.3 Å². The van der Waals surface area contributed by atoms with Crippen molar-refractivity contribution in [3.63, 3.8) is 0 Å². The Morgan fingerprint density at radius 2 is 1.78 bits per heavy atom. The summed E-state index contributed by atoms with van der Waals surface area (Å²) in [4.78, 5) is 21.7. The van der Waals surface area contributed by atoms with E-state index in [4.69, 9.17) is 5.11 Å². The molecule has 0 aromatic carbocycles. The molecule has 5 heteroatoms. The van der Waals surface area contributed by atoms with Crippen LogP contribution in [0.15, 0.2) is 0 Å². The number of rotatable bonds is 9. The fraction of sp³-hybridized carbons (Fsp3) is 0.846. The van der Waals surface area contributed by atoms with Crippen molar-refractivity contribution in [1.29, 1.82) is 0 Å². The van der Waals surface area contributed by atoms with Crippen LogP contribution in [0.2, 0.25) is 0 Å². The second-order valence-corrected chi connectivity index (χ2v) is 5.12. The lowest BCUT2D eigenvalue weighted by molar-refractivity contribution is -0.137. The number of hydrogen-bond acceptors (Lipinski definition) is 2. The smallest absolute Gasteiger partial charge is 0.314 e. The van der Waals surface area contributed by atoms with Crippen LogP contribution in [0.5, 0.6) is 0 Å². The predicted octanol–water partition coefficient (Wildman–Crippen LogP) is 2.37. The lowest BCUT2D eigenvalue weighted by Gasteiger charge is -2.15. The van der Waals surface area contributed by atoms with Gasteiger partial charge in [0.1, 0.15) is 0 Å². The molecule has 0 aromatic rings. The lowest BCUT2D eigenvalue weighted by Crippen LogP contribution is -2.41. The highest BCUT2D eigenvalue weighted by Crippen LogP contribution is 2.06. The number of urea groups is 1. The number of carbonyl (C=O) groups excluding carboxylic acids is 1. The molecule has 0 aromatic heterocycles. The summed E-state index contributed by atoms with van der Waals surface area (Å²) >= 11 is 0. The maximum atomic E-state index is 11.5. The molecule has 0 aliphatic heterocycles. The van der Waals surface area contributed by atoms with Gasteiger partial charge in [-0.3, -0.25) is 4.79 Å². The molecule has 106 valence electrons. The molecule has 0 aliphatic carbocycles. The molecule has 3 N–H and O–H groups in total. The van der Waals surface area contributed by atoms with E-state index >= 15 is 0 Å². The van der Waals surface area contributed by atoms with E-state index in [9.17, 15) is 9.59 Å². The van der Waals surface area contributed by atoms with Crippen LogP contribution < -0.4 is 10.6 Å². The number of unbranched alkanes of at least 4 members (excludes halogenated alkanes) is 1. The average Bonchev–Trinajstić information content (AvgIpc) is 2.25. The van der Waals surface area contributed by atoms with Gasteiger partial charge in [-0.05, 0) is 38.5 Å². The second kappa shape index (κ2) is 9.74. The van der Waals surface area contributed by atoms with Crippen molar-refractivity contribution in [2.45, 2.75) is 58.9 Å².